The Hall–Kier alpha value is -4.60. The SMILES string of the molecule is O=C(C=Cc1cn(-c2ccccc2)nc1-c1ccc(F)cc1)NNC(=O)c1cn[nH]n1. The molecule has 0 aliphatic rings. The van der Waals surface area contributed by atoms with Crippen LogP contribution in [0.1, 0.15) is 16.1 Å². The molecule has 0 atom stereocenters. The Morgan fingerprint density at radius 1 is 1.03 bits per heavy atom. The van der Waals surface area contributed by atoms with Crippen molar-refractivity contribution in [3.05, 3.63) is 90.1 Å². The van der Waals surface area contributed by atoms with Gasteiger partial charge in [-0.25, -0.2) is 9.07 Å². The number of aromatic amines is 1. The fraction of sp³-hybridized carbons (Fsp3) is 0. The van der Waals surface area contributed by atoms with Crippen LogP contribution in [0.25, 0.3) is 23.0 Å². The van der Waals surface area contributed by atoms with Crippen LogP contribution in [0.5, 0.6) is 0 Å². The van der Waals surface area contributed by atoms with E-state index in [4.69, 9.17) is 0 Å². The highest BCUT2D eigenvalue weighted by atomic mass is 19.1. The van der Waals surface area contributed by atoms with Crippen LogP contribution in [0.15, 0.2) is 73.1 Å². The highest BCUT2D eigenvalue weighted by molar-refractivity contribution is 5.97. The Morgan fingerprint density at radius 3 is 2.52 bits per heavy atom. The molecule has 9 nitrogen and oxygen atoms in total. The third-order valence-corrected chi connectivity index (χ3v) is 4.24. The topological polar surface area (TPSA) is 118 Å². The van der Waals surface area contributed by atoms with E-state index in [9.17, 15) is 14.0 Å². The van der Waals surface area contributed by atoms with Crippen molar-refractivity contribution < 1.29 is 14.0 Å². The van der Waals surface area contributed by atoms with E-state index in [1.165, 1.54) is 24.4 Å². The Balaban J connectivity index is 1.55. The fourth-order valence-electron chi connectivity index (χ4n) is 2.75. The third-order valence-electron chi connectivity index (χ3n) is 4.24. The number of carbonyl (C=O) groups is 2. The maximum atomic E-state index is 13.3. The second-order valence-electron chi connectivity index (χ2n) is 6.35. The summed E-state index contributed by atoms with van der Waals surface area (Å²) in [7, 11) is 0. The molecule has 10 heteroatoms. The van der Waals surface area contributed by atoms with Crippen molar-refractivity contribution in [3.63, 3.8) is 0 Å². The maximum absolute atomic E-state index is 13.3. The van der Waals surface area contributed by atoms with Gasteiger partial charge in [0.25, 0.3) is 11.8 Å². The van der Waals surface area contributed by atoms with Gasteiger partial charge in [-0.15, -0.1) is 0 Å². The summed E-state index contributed by atoms with van der Waals surface area (Å²) in [6.07, 6.45) is 5.79. The summed E-state index contributed by atoms with van der Waals surface area (Å²) in [4.78, 5) is 23.9. The van der Waals surface area contributed by atoms with E-state index < -0.39 is 11.8 Å². The van der Waals surface area contributed by atoms with Crippen molar-refractivity contribution in [1.29, 1.82) is 0 Å². The van der Waals surface area contributed by atoms with Gasteiger partial charge in [0.2, 0.25) is 0 Å². The number of rotatable bonds is 5. The van der Waals surface area contributed by atoms with Gasteiger partial charge in [-0.05, 0) is 42.5 Å². The summed E-state index contributed by atoms with van der Waals surface area (Å²) >= 11 is 0. The van der Waals surface area contributed by atoms with Crippen molar-refractivity contribution in [2.45, 2.75) is 0 Å². The first-order valence-electron chi connectivity index (χ1n) is 9.15. The van der Waals surface area contributed by atoms with Gasteiger partial charge in [-0.1, -0.05) is 18.2 Å². The first-order chi connectivity index (χ1) is 15.1. The molecular formula is C21H16FN7O2. The lowest BCUT2D eigenvalue weighted by atomic mass is 10.1. The molecule has 0 saturated heterocycles. The number of para-hydroxylation sites is 1. The van der Waals surface area contributed by atoms with Crippen molar-refractivity contribution in [2.24, 2.45) is 0 Å². The summed E-state index contributed by atoms with van der Waals surface area (Å²) in [5, 5.41) is 14.0. The van der Waals surface area contributed by atoms with Gasteiger partial charge in [0.15, 0.2) is 5.69 Å². The zero-order valence-electron chi connectivity index (χ0n) is 16.0. The molecule has 0 fully saturated rings. The number of nitrogens with one attached hydrogen (secondary N) is 3. The van der Waals surface area contributed by atoms with Gasteiger partial charge in [-0.3, -0.25) is 20.4 Å². The van der Waals surface area contributed by atoms with E-state index >= 15 is 0 Å². The van der Waals surface area contributed by atoms with Crippen molar-refractivity contribution in [2.75, 3.05) is 0 Å². The molecule has 2 aromatic heterocycles. The first-order valence-corrected chi connectivity index (χ1v) is 9.15. The molecule has 2 amide bonds. The molecule has 154 valence electrons. The smallest absolute Gasteiger partial charge is 0.268 e. The van der Waals surface area contributed by atoms with E-state index in [2.05, 4.69) is 31.4 Å². The number of hydrogen-bond acceptors (Lipinski definition) is 5. The molecule has 2 heterocycles. The summed E-state index contributed by atoms with van der Waals surface area (Å²) in [6.45, 7) is 0. The number of halogens is 1. The van der Waals surface area contributed by atoms with Crippen molar-refractivity contribution >= 4 is 17.9 Å². The summed E-state index contributed by atoms with van der Waals surface area (Å²) in [6, 6.07) is 15.4. The highest BCUT2D eigenvalue weighted by Crippen LogP contribution is 2.25. The molecule has 2 aromatic carbocycles. The van der Waals surface area contributed by atoms with Crippen molar-refractivity contribution in [3.8, 4) is 16.9 Å². The standard InChI is InChI=1S/C21H16FN7O2/c22-16-9-6-14(7-10-16)20-15(13-29(27-20)17-4-2-1-3-5-17)8-11-19(30)25-26-21(31)18-12-23-28-24-18/h1-13H,(H,25,30)(H,26,31)(H,23,24,28). The lowest BCUT2D eigenvalue weighted by Gasteiger charge is -2.02. The second kappa shape index (κ2) is 8.82. The fourth-order valence-corrected chi connectivity index (χ4v) is 2.75. The first kappa shape index (κ1) is 19.7. The maximum Gasteiger partial charge on any atom is 0.291 e. The van der Waals surface area contributed by atoms with Crippen LogP contribution in [-0.2, 0) is 4.79 Å². The lowest BCUT2D eigenvalue weighted by molar-refractivity contribution is -0.117. The van der Waals surface area contributed by atoms with E-state index in [0.717, 1.165) is 5.69 Å². The molecular weight excluding hydrogens is 401 g/mol. The van der Waals surface area contributed by atoms with Crippen LogP contribution in [0, 0.1) is 5.82 Å². The number of nitrogens with zero attached hydrogens (tertiary/aromatic N) is 4. The lowest BCUT2D eigenvalue weighted by Crippen LogP contribution is -2.40. The van der Waals surface area contributed by atoms with Crippen LogP contribution in [0.2, 0.25) is 0 Å². The summed E-state index contributed by atoms with van der Waals surface area (Å²) in [5.41, 5.74) is 7.25. The monoisotopic (exact) mass is 417 g/mol. The Morgan fingerprint density at radius 2 is 1.81 bits per heavy atom. The van der Waals surface area contributed by atoms with E-state index in [0.29, 0.717) is 16.8 Å². The quantitative estimate of drug-likeness (QED) is 0.340. The number of aromatic nitrogens is 5. The van der Waals surface area contributed by atoms with Gasteiger partial charge in [0.1, 0.15) is 5.82 Å². The number of benzene rings is 2. The third kappa shape index (κ3) is 4.70. The molecule has 4 aromatic rings. The predicted octanol–water partition coefficient (Wildman–Crippen LogP) is 2.27. The van der Waals surface area contributed by atoms with Gasteiger partial charge >= 0.3 is 0 Å². The number of H-pyrrole nitrogens is 1. The molecule has 0 aliphatic heterocycles. The Kier molecular flexibility index (Phi) is 5.61. The van der Waals surface area contributed by atoms with E-state index in [1.54, 1.807) is 29.1 Å². The van der Waals surface area contributed by atoms with Gasteiger partial charge in [0, 0.05) is 23.4 Å². The predicted molar refractivity (Wildman–Crippen MR) is 110 cm³/mol. The highest BCUT2D eigenvalue weighted by Gasteiger charge is 2.12. The molecule has 31 heavy (non-hydrogen) atoms. The zero-order valence-corrected chi connectivity index (χ0v) is 16.0. The molecule has 0 unspecified atom stereocenters. The molecule has 0 spiro atoms. The van der Waals surface area contributed by atoms with Crippen LogP contribution in [0.3, 0.4) is 0 Å². The molecule has 0 saturated carbocycles. The normalized spacial score (nSPS) is 10.9. The zero-order chi connectivity index (χ0) is 21.6. The molecule has 0 radical (unpaired) electrons. The van der Waals surface area contributed by atoms with Crippen LogP contribution >= 0.6 is 0 Å². The van der Waals surface area contributed by atoms with Crippen LogP contribution < -0.4 is 10.9 Å². The van der Waals surface area contributed by atoms with Gasteiger partial charge in [0.05, 0.1) is 17.6 Å². The number of carbonyl (C=O) groups excluding carboxylic acids is 2. The summed E-state index contributed by atoms with van der Waals surface area (Å²) in [5.74, 6) is -1.53. The Bertz CT molecular complexity index is 1220. The molecule has 0 aliphatic carbocycles. The second-order valence-corrected chi connectivity index (χ2v) is 6.35. The largest absolute Gasteiger partial charge is 0.291 e. The molecule has 4 rings (SSSR count). The number of hydrogen-bond donors (Lipinski definition) is 3. The van der Waals surface area contributed by atoms with Crippen LogP contribution in [-0.4, -0.2) is 37.0 Å². The molecule has 3 N–H and O–H groups in total. The minimum absolute atomic E-state index is 0.0343. The number of hydrazine groups is 1. The molecule has 0 bridgehead atoms. The van der Waals surface area contributed by atoms with E-state index in [1.807, 2.05) is 30.3 Å². The minimum Gasteiger partial charge on any atom is -0.268 e. The Labute approximate surface area is 175 Å². The minimum atomic E-state index is -0.612. The van der Waals surface area contributed by atoms with Gasteiger partial charge < -0.3 is 0 Å². The van der Waals surface area contributed by atoms with Crippen molar-refractivity contribution in [1.82, 2.24) is 36.0 Å². The number of amides is 2. The summed E-state index contributed by atoms with van der Waals surface area (Å²) < 4.78 is 15.0. The van der Waals surface area contributed by atoms with E-state index in [-0.39, 0.29) is 11.5 Å². The van der Waals surface area contributed by atoms with Crippen LogP contribution in [0.4, 0.5) is 4.39 Å². The van der Waals surface area contributed by atoms with Gasteiger partial charge in [-0.2, -0.15) is 20.5 Å². The average molecular weight is 417 g/mol. The average Bonchev–Trinajstić information content (AvgIpc) is 3.48.